The molecule has 0 aliphatic rings. The summed E-state index contributed by atoms with van der Waals surface area (Å²) in [5.74, 6) is -3.56. The minimum atomic E-state index is -1.07. The number of anilines is 2. The number of benzene rings is 2. The fourth-order valence-electron chi connectivity index (χ4n) is 2.77. The molecule has 0 fully saturated rings. The molecule has 0 aliphatic carbocycles. The lowest BCUT2D eigenvalue weighted by Gasteiger charge is -2.07. The molecular formula is C21H14F3N5O2S. The molecule has 7 nitrogen and oxygen atoms in total. The molecule has 2 amide bonds. The van der Waals surface area contributed by atoms with Crippen LogP contribution in [0.2, 0.25) is 0 Å². The van der Waals surface area contributed by atoms with Gasteiger partial charge < -0.3 is 10.6 Å². The Kier molecular flexibility index (Phi) is 6.08. The number of amides is 2. The van der Waals surface area contributed by atoms with Gasteiger partial charge in [-0.25, -0.2) is 13.2 Å². The van der Waals surface area contributed by atoms with Crippen LogP contribution in [-0.4, -0.2) is 32.2 Å². The molecule has 4 aromatic rings. The van der Waals surface area contributed by atoms with Gasteiger partial charge in [0.1, 0.15) is 5.82 Å². The van der Waals surface area contributed by atoms with E-state index in [-0.39, 0.29) is 17.0 Å². The van der Waals surface area contributed by atoms with Crippen molar-refractivity contribution in [2.45, 2.75) is 5.16 Å². The third-order valence-corrected chi connectivity index (χ3v) is 5.19. The summed E-state index contributed by atoms with van der Waals surface area (Å²) in [5.41, 5.74) is 1.16. The van der Waals surface area contributed by atoms with Crippen LogP contribution >= 0.6 is 11.8 Å². The summed E-state index contributed by atoms with van der Waals surface area (Å²) in [6.07, 6.45) is 1.50. The third-order valence-electron chi connectivity index (χ3n) is 4.25. The maximum absolute atomic E-state index is 13.3. The van der Waals surface area contributed by atoms with Gasteiger partial charge in [0.05, 0.1) is 11.3 Å². The fraction of sp³-hybridized carbons (Fsp3) is 0.0476. The summed E-state index contributed by atoms with van der Waals surface area (Å²) in [6.45, 7) is 0. The molecule has 0 radical (unpaired) electrons. The van der Waals surface area contributed by atoms with Crippen LogP contribution < -0.4 is 10.6 Å². The number of thioether (sulfide) groups is 1. The number of nitrogens with zero attached hydrogens (tertiary/aromatic N) is 3. The number of aromatic nitrogens is 3. The molecule has 4 rings (SSSR count). The minimum Gasteiger partial charge on any atom is -0.325 e. The van der Waals surface area contributed by atoms with Crippen LogP contribution in [0.3, 0.4) is 0 Å². The van der Waals surface area contributed by atoms with Crippen molar-refractivity contribution < 1.29 is 22.8 Å². The highest BCUT2D eigenvalue weighted by Crippen LogP contribution is 2.20. The Balaban J connectivity index is 1.44. The Hall–Kier alpha value is -3.86. The second-order valence-electron chi connectivity index (χ2n) is 6.56. The zero-order chi connectivity index (χ0) is 22.7. The van der Waals surface area contributed by atoms with Gasteiger partial charge in [-0.05, 0) is 42.5 Å². The molecular weight excluding hydrogens is 443 g/mol. The van der Waals surface area contributed by atoms with Gasteiger partial charge in [-0.1, -0.05) is 17.8 Å². The van der Waals surface area contributed by atoms with Crippen molar-refractivity contribution in [2.75, 3.05) is 16.4 Å². The zero-order valence-corrected chi connectivity index (χ0v) is 17.0. The summed E-state index contributed by atoms with van der Waals surface area (Å²) in [7, 11) is 0. The molecule has 0 atom stereocenters. The highest BCUT2D eigenvalue weighted by atomic mass is 32.2. The lowest BCUT2D eigenvalue weighted by molar-refractivity contribution is -0.113. The van der Waals surface area contributed by atoms with E-state index in [0.717, 1.165) is 23.9 Å². The molecule has 11 heteroatoms. The number of carbonyl (C=O) groups excluding carboxylic acids is 2. The van der Waals surface area contributed by atoms with Crippen LogP contribution in [0.15, 0.2) is 66.0 Å². The van der Waals surface area contributed by atoms with Crippen molar-refractivity contribution >= 4 is 40.6 Å². The van der Waals surface area contributed by atoms with Gasteiger partial charge in [0.2, 0.25) is 5.91 Å². The number of hydrogen-bond acceptors (Lipinski definition) is 5. The number of pyridine rings is 1. The van der Waals surface area contributed by atoms with E-state index in [2.05, 4.69) is 20.8 Å². The highest BCUT2D eigenvalue weighted by Gasteiger charge is 2.13. The quantitative estimate of drug-likeness (QED) is 0.425. The van der Waals surface area contributed by atoms with E-state index in [4.69, 9.17) is 0 Å². The largest absolute Gasteiger partial charge is 0.325 e. The van der Waals surface area contributed by atoms with Crippen LogP contribution in [0.1, 0.15) is 10.4 Å². The van der Waals surface area contributed by atoms with Crippen LogP contribution in [0.25, 0.3) is 5.65 Å². The molecule has 0 aliphatic heterocycles. The topological polar surface area (TPSA) is 88.4 Å². The number of fused-ring (bicyclic) bond motifs is 1. The van der Waals surface area contributed by atoms with Gasteiger partial charge in [-0.3, -0.25) is 14.0 Å². The first-order valence-electron chi connectivity index (χ1n) is 9.18. The maximum Gasteiger partial charge on any atom is 0.257 e. The molecule has 2 aromatic heterocycles. The SMILES string of the molecule is O=C(CSc1nnc2ccc(C(=O)Nc3cccc(F)c3)cn12)Nc1ccc(F)c(F)c1. The number of carbonyl (C=O) groups is 2. The van der Waals surface area contributed by atoms with E-state index in [9.17, 15) is 22.8 Å². The molecule has 2 aromatic carbocycles. The zero-order valence-electron chi connectivity index (χ0n) is 16.2. The summed E-state index contributed by atoms with van der Waals surface area (Å²) in [6, 6.07) is 11.7. The van der Waals surface area contributed by atoms with Crippen molar-refractivity contribution in [3.63, 3.8) is 0 Å². The first-order chi connectivity index (χ1) is 15.4. The molecule has 162 valence electrons. The van der Waals surface area contributed by atoms with Crippen molar-refractivity contribution in [1.29, 1.82) is 0 Å². The van der Waals surface area contributed by atoms with Gasteiger partial charge >= 0.3 is 0 Å². The first-order valence-corrected chi connectivity index (χ1v) is 10.2. The second-order valence-corrected chi connectivity index (χ2v) is 7.50. The van der Waals surface area contributed by atoms with E-state index >= 15 is 0 Å². The van der Waals surface area contributed by atoms with Gasteiger partial charge in [-0.15, -0.1) is 10.2 Å². The van der Waals surface area contributed by atoms with E-state index in [0.29, 0.717) is 16.5 Å². The van der Waals surface area contributed by atoms with Crippen molar-refractivity contribution in [2.24, 2.45) is 0 Å². The van der Waals surface area contributed by atoms with Crippen molar-refractivity contribution in [3.05, 3.63) is 83.8 Å². The summed E-state index contributed by atoms with van der Waals surface area (Å²) in [5, 5.41) is 13.4. The predicted octanol–water partition coefficient (Wildman–Crippen LogP) is 4.13. The average molecular weight is 457 g/mol. The molecule has 0 saturated heterocycles. The molecule has 0 unspecified atom stereocenters. The van der Waals surface area contributed by atoms with Crippen LogP contribution in [0.4, 0.5) is 24.5 Å². The number of hydrogen-bond donors (Lipinski definition) is 2. The molecule has 0 spiro atoms. The Morgan fingerprint density at radius 1 is 0.906 bits per heavy atom. The van der Waals surface area contributed by atoms with Gasteiger partial charge in [0, 0.05) is 23.6 Å². The molecule has 2 N–H and O–H groups in total. The number of nitrogens with one attached hydrogen (secondary N) is 2. The van der Waals surface area contributed by atoms with Crippen molar-refractivity contribution in [1.82, 2.24) is 14.6 Å². The lowest BCUT2D eigenvalue weighted by atomic mass is 10.2. The normalized spacial score (nSPS) is 10.8. The molecule has 32 heavy (non-hydrogen) atoms. The van der Waals surface area contributed by atoms with E-state index in [1.54, 1.807) is 18.2 Å². The maximum atomic E-state index is 13.3. The second kappa shape index (κ2) is 9.10. The molecule has 0 bridgehead atoms. The fourth-order valence-corrected chi connectivity index (χ4v) is 3.49. The summed E-state index contributed by atoms with van der Waals surface area (Å²) < 4.78 is 41.1. The lowest BCUT2D eigenvalue weighted by Crippen LogP contribution is -2.15. The van der Waals surface area contributed by atoms with Gasteiger partial charge in [0.25, 0.3) is 5.91 Å². The minimum absolute atomic E-state index is 0.0838. The Bertz CT molecular complexity index is 1330. The smallest absolute Gasteiger partial charge is 0.257 e. The van der Waals surface area contributed by atoms with E-state index in [1.165, 1.54) is 34.9 Å². The van der Waals surface area contributed by atoms with Gasteiger partial charge in [-0.2, -0.15) is 0 Å². The summed E-state index contributed by atoms with van der Waals surface area (Å²) in [4.78, 5) is 24.7. The van der Waals surface area contributed by atoms with Crippen LogP contribution in [0, 0.1) is 17.5 Å². The third kappa shape index (κ3) is 4.89. The Labute approximate surface area is 183 Å². The number of rotatable bonds is 6. The van der Waals surface area contributed by atoms with Crippen LogP contribution in [0.5, 0.6) is 0 Å². The van der Waals surface area contributed by atoms with Crippen LogP contribution in [-0.2, 0) is 4.79 Å². The number of halogens is 3. The first kappa shape index (κ1) is 21.4. The van der Waals surface area contributed by atoms with E-state index in [1.807, 2.05) is 0 Å². The van der Waals surface area contributed by atoms with Gasteiger partial charge in [0.15, 0.2) is 22.4 Å². The van der Waals surface area contributed by atoms with E-state index < -0.39 is 29.3 Å². The molecule has 2 heterocycles. The van der Waals surface area contributed by atoms with Crippen molar-refractivity contribution in [3.8, 4) is 0 Å². The molecule has 0 saturated carbocycles. The Morgan fingerprint density at radius 2 is 1.72 bits per heavy atom. The standard InChI is InChI=1S/C21H14F3N5O2S/c22-13-2-1-3-14(8-13)26-20(31)12-4-7-18-27-28-21(29(18)10-12)32-11-19(30)25-15-5-6-16(23)17(24)9-15/h1-10H,11H2,(H,25,30)(H,26,31). The average Bonchev–Trinajstić information content (AvgIpc) is 3.17. The summed E-state index contributed by atoms with van der Waals surface area (Å²) >= 11 is 1.05. The predicted molar refractivity (Wildman–Crippen MR) is 113 cm³/mol. The highest BCUT2D eigenvalue weighted by molar-refractivity contribution is 7.99. The monoisotopic (exact) mass is 457 g/mol. The Morgan fingerprint density at radius 3 is 2.50 bits per heavy atom.